The van der Waals surface area contributed by atoms with E-state index in [-0.39, 0.29) is 5.91 Å². The van der Waals surface area contributed by atoms with Crippen LogP contribution in [0.2, 0.25) is 0 Å². The van der Waals surface area contributed by atoms with Crippen LogP contribution in [-0.2, 0) is 24.4 Å². The van der Waals surface area contributed by atoms with Crippen LogP contribution in [0.5, 0.6) is 5.75 Å². The number of rotatable bonds is 9. The maximum atomic E-state index is 12.4. The highest BCUT2D eigenvalue weighted by Crippen LogP contribution is 2.25. The van der Waals surface area contributed by atoms with Gasteiger partial charge in [0.1, 0.15) is 12.4 Å². The molecule has 156 valence electrons. The molecule has 0 spiro atoms. The van der Waals surface area contributed by atoms with Gasteiger partial charge in [0.05, 0.1) is 0 Å². The standard InChI is InChI=1S/C27H25NO2S/c29-27(28-18-23-10-4-5-12-26(23)24-15-16-31-20-24)14-13-21-9-6-11-25(17-21)30-19-22-7-2-1-3-8-22/h1-12,15-17,20H,13-14,18-19H2,(H,28,29). The van der Waals surface area contributed by atoms with Crippen LogP contribution in [0.3, 0.4) is 0 Å². The van der Waals surface area contributed by atoms with E-state index in [2.05, 4.69) is 34.3 Å². The molecule has 0 atom stereocenters. The molecule has 3 nitrogen and oxygen atoms in total. The molecule has 1 N–H and O–H groups in total. The van der Waals surface area contributed by atoms with E-state index in [1.54, 1.807) is 11.3 Å². The lowest BCUT2D eigenvalue weighted by Gasteiger charge is -2.11. The van der Waals surface area contributed by atoms with Crippen molar-refractivity contribution in [2.75, 3.05) is 0 Å². The van der Waals surface area contributed by atoms with Gasteiger partial charge in [0.25, 0.3) is 0 Å². The van der Waals surface area contributed by atoms with Gasteiger partial charge in [0, 0.05) is 13.0 Å². The van der Waals surface area contributed by atoms with Crippen LogP contribution in [0, 0.1) is 0 Å². The highest BCUT2D eigenvalue weighted by Gasteiger charge is 2.08. The summed E-state index contributed by atoms with van der Waals surface area (Å²) in [6, 6.07) is 28.4. The van der Waals surface area contributed by atoms with Crippen molar-refractivity contribution in [1.29, 1.82) is 0 Å². The second kappa shape index (κ2) is 10.6. The molecule has 0 fully saturated rings. The van der Waals surface area contributed by atoms with Crippen LogP contribution in [0.1, 0.15) is 23.1 Å². The van der Waals surface area contributed by atoms with Gasteiger partial charge in [-0.3, -0.25) is 4.79 Å². The molecule has 0 saturated carbocycles. The Morgan fingerprint density at radius 3 is 2.52 bits per heavy atom. The number of amides is 1. The lowest BCUT2D eigenvalue weighted by molar-refractivity contribution is -0.121. The number of ether oxygens (including phenoxy) is 1. The molecule has 0 aliphatic carbocycles. The van der Waals surface area contributed by atoms with E-state index in [1.165, 1.54) is 11.1 Å². The molecule has 3 aromatic carbocycles. The van der Waals surface area contributed by atoms with Gasteiger partial charge in [-0.05, 0) is 63.2 Å². The molecule has 4 rings (SSSR count). The highest BCUT2D eigenvalue weighted by molar-refractivity contribution is 7.08. The quantitative estimate of drug-likeness (QED) is 0.343. The number of thiophene rings is 1. The second-order valence-corrected chi connectivity index (χ2v) is 8.15. The highest BCUT2D eigenvalue weighted by atomic mass is 32.1. The van der Waals surface area contributed by atoms with Gasteiger partial charge >= 0.3 is 0 Å². The normalized spacial score (nSPS) is 10.6. The first-order valence-corrected chi connectivity index (χ1v) is 11.3. The van der Waals surface area contributed by atoms with Crippen molar-refractivity contribution in [2.45, 2.75) is 26.0 Å². The van der Waals surface area contributed by atoms with Crippen molar-refractivity contribution < 1.29 is 9.53 Å². The summed E-state index contributed by atoms with van der Waals surface area (Å²) in [5, 5.41) is 7.27. The van der Waals surface area contributed by atoms with E-state index in [9.17, 15) is 4.79 Å². The van der Waals surface area contributed by atoms with Crippen molar-refractivity contribution >= 4 is 17.2 Å². The van der Waals surface area contributed by atoms with E-state index in [0.717, 1.165) is 22.4 Å². The van der Waals surface area contributed by atoms with E-state index >= 15 is 0 Å². The van der Waals surface area contributed by atoms with Crippen molar-refractivity contribution in [2.24, 2.45) is 0 Å². The van der Waals surface area contributed by atoms with Crippen LogP contribution in [-0.4, -0.2) is 5.91 Å². The zero-order valence-corrected chi connectivity index (χ0v) is 18.1. The van der Waals surface area contributed by atoms with Gasteiger partial charge in [-0.1, -0.05) is 66.7 Å². The maximum Gasteiger partial charge on any atom is 0.220 e. The molecule has 1 amide bonds. The van der Waals surface area contributed by atoms with Crippen molar-refractivity contribution in [3.05, 3.63) is 112 Å². The Morgan fingerprint density at radius 2 is 1.68 bits per heavy atom. The first-order valence-electron chi connectivity index (χ1n) is 10.4. The smallest absolute Gasteiger partial charge is 0.220 e. The lowest BCUT2D eigenvalue weighted by atomic mass is 10.0. The van der Waals surface area contributed by atoms with Crippen molar-refractivity contribution in [3.8, 4) is 16.9 Å². The molecule has 1 heterocycles. The zero-order chi connectivity index (χ0) is 21.3. The Hall–Kier alpha value is -3.37. The van der Waals surface area contributed by atoms with Gasteiger partial charge in [-0.25, -0.2) is 0 Å². The molecule has 31 heavy (non-hydrogen) atoms. The van der Waals surface area contributed by atoms with Crippen molar-refractivity contribution in [3.63, 3.8) is 0 Å². The minimum atomic E-state index is 0.0516. The monoisotopic (exact) mass is 427 g/mol. The van der Waals surface area contributed by atoms with E-state index in [4.69, 9.17) is 4.74 Å². The number of carbonyl (C=O) groups is 1. The molecule has 0 unspecified atom stereocenters. The van der Waals surface area contributed by atoms with Crippen LogP contribution in [0.25, 0.3) is 11.1 Å². The maximum absolute atomic E-state index is 12.4. The number of aryl methyl sites for hydroxylation is 1. The molecule has 1 aromatic heterocycles. The second-order valence-electron chi connectivity index (χ2n) is 7.37. The molecule has 4 aromatic rings. The topological polar surface area (TPSA) is 38.3 Å². The number of hydrogen-bond acceptors (Lipinski definition) is 3. The van der Waals surface area contributed by atoms with Crippen LogP contribution in [0.15, 0.2) is 95.7 Å². The lowest BCUT2D eigenvalue weighted by Crippen LogP contribution is -2.23. The molecular weight excluding hydrogens is 402 g/mol. The first-order chi connectivity index (χ1) is 15.3. The number of hydrogen-bond donors (Lipinski definition) is 1. The fraction of sp³-hybridized carbons (Fsp3) is 0.148. The SMILES string of the molecule is O=C(CCc1cccc(OCc2ccccc2)c1)NCc1ccccc1-c1ccsc1. The number of carbonyl (C=O) groups excluding carboxylic acids is 1. The Kier molecular flexibility index (Phi) is 7.14. The third-order valence-electron chi connectivity index (χ3n) is 5.11. The summed E-state index contributed by atoms with van der Waals surface area (Å²) >= 11 is 1.68. The Morgan fingerprint density at radius 1 is 0.871 bits per heavy atom. The Balaban J connectivity index is 1.28. The third kappa shape index (κ3) is 6.06. The average molecular weight is 428 g/mol. The molecule has 0 aliphatic heterocycles. The molecule has 0 saturated heterocycles. The fourth-order valence-corrected chi connectivity index (χ4v) is 4.10. The predicted molar refractivity (Wildman–Crippen MR) is 127 cm³/mol. The van der Waals surface area contributed by atoms with E-state index in [1.807, 2.05) is 66.7 Å². The van der Waals surface area contributed by atoms with Crippen LogP contribution >= 0.6 is 11.3 Å². The summed E-state index contributed by atoms with van der Waals surface area (Å²) in [5.74, 6) is 0.877. The summed E-state index contributed by atoms with van der Waals surface area (Å²) in [7, 11) is 0. The van der Waals surface area contributed by atoms with Gasteiger partial charge in [0.2, 0.25) is 5.91 Å². The van der Waals surface area contributed by atoms with Crippen LogP contribution < -0.4 is 10.1 Å². The predicted octanol–water partition coefficient (Wildman–Crippen LogP) is 6.24. The minimum absolute atomic E-state index is 0.0516. The van der Waals surface area contributed by atoms with Crippen LogP contribution in [0.4, 0.5) is 0 Å². The third-order valence-corrected chi connectivity index (χ3v) is 5.80. The van der Waals surface area contributed by atoms with Gasteiger partial charge in [-0.2, -0.15) is 11.3 Å². The Labute approximate surface area is 187 Å². The summed E-state index contributed by atoms with van der Waals surface area (Å²) in [6.07, 6.45) is 1.13. The van der Waals surface area contributed by atoms with Gasteiger partial charge < -0.3 is 10.1 Å². The fourth-order valence-electron chi connectivity index (χ4n) is 3.45. The molecule has 0 radical (unpaired) electrons. The summed E-state index contributed by atoms with van der Waals surface area (Å²) in [6.45, 7) is 1.07. The first kappa shape index (κ1) is 20.9. The Bertz CT molecular complexity index is 1110. The largest absolute Gasteiger partial charge is 0.489 e. The number of nitrogens with one attached hydrogen (secondary N) is 1. The van der Waals surface area contributed by atoms with Crippen molar-refractivity contribution in [1.82, 2.24) is 5.32 Å². The average Bonchev–Trinajstić information content (AvgIpc) is 3.36. The van der Waals surface area contributed by atoms with E-state index in [0.29, 0.717) is 26.0 Å². The van der Waals surface area contributed by atoms with E-state index < -0.39 is 0 Å². The van der Waals surface area contributed by atoms with Gasteiger partial charge in [-0.15, -0.1) is 0 Å². The zero-order valence-electron chi connectivity index (χ0n) is 17.3. The summed E-state index contributed by atoms with van der Waals surface area (Å²) in [4.78, 5) is 12.4. The van der Waals surface area contributed by atoms with Gasteiger partial charge in [0.15, 0.2) is 0 Å². The minimum Gasteiger partial charge on any atom is -0.489 e. The summed E-state index contributed by atoms with van der Waals surface area (Å²) in [5.41, 5.74) is 5.73. The molecule has 4 heteroatoms. The molecule has 0 aliphatic rings. The molecular formula is C27H25NO2S. The summed E-state index contributed by atoms with van der Waals surface area (Å²) < 4.78 is 5.89. The number of benzene rings is 3. The molecule has 0 bridgehead atoms.